The summed E-state index contributed by atoms with van der Waals surface area (Å²) in [5.74, 6) is -0.828. The minimum absolute atomic E-state index is 0.202. The largest absolute Gasteiger partial charge is 0.375 e. The zero-order chi connectivity index (χ0) is 17.5. The number of hydrogen-bond donors (Lipinski definition) is 1. The van der Waals surface area contributed by atoms with E-state index in [2.05, 4.69) is 0 Å². The Balaban J connectivity index is 2.08. The lowest BCUT2D eigenvalue weighted by Gasteiger charge is -2.22. The average molecular weight is 364 g/mol. The summed E-state index contributed by atoms with van der Waals surface area (Å²) in [6, 6.07) is 12.0. The lowest BCUT2D eigenvalue weighted by atomic mass is 9.90. The van der Waals surface area contributed by atoms with Crippen molar-refractivity contribution in [2.75, 3.05) is 4.90 Å². The van der Waals surface area contributed by atoms with Crippen LogP contribution in [0.2, 0.25) is 10.0 Å². The first-order chi connectivity index (χ1) is 11.3. The fraction of sp³-hybridized carbons (Fsp3) is 0.222. The van der Waals surface area contributed by atoms with Crippen LogP contribution < -0.4 is 4.90 Å². The van der Waals surface area contributed by atoms with E-state index in [1.54, 1.807) is 24.3 Å². The molecule has 0 spiro atoms. The number of fused-ring (bicyclic) bond motifs is 1. The van der Waals surface area contributed by atoms with Gasteiger partial charge in [-0.1, -0.05) is 41.4 Å². The molecule has 4 nitrogen and oxygen atoms in total. The third-order valence-corrected chi connectivity index (χ3v) is 4.69. The van der Waals surface area contributed by atoms with Gasteiger partial charge in [-0.25, -0.2) is 0 Å². The zero-order valence-electron chi connectivity index (χ0n) is 12.9. The first-order valence-corrected chi connectivity index (χ1v) is 8.16. The van der Waals surface area contributed by atoms with Crippen molar-refractivity contribution in [3.63, 3.8) is 0 Å². The van der Waals surface area contributed by atoms with Crippen LogP contribution in [0.3, 0.4) is 0 Å². The number of carbonyl (C=O) groups is 2. The number of carbonyl (C=O) groups excluding carboxylic acids is 2. The molecular formula is C18H15Cl2NO3. The van der Waals surface area contributed by atoms with Gasteiger partial charge in [-0.15, -0.1) is 0 Å². The quantitative estimate of drug-likeness (QED) is 0.900. The molecule has 24 heavy (non-hydrogen) atoms. The molecule has 0 aliphatic carbocycles. The highest BCUT2D eigenvalue weighted by atomic mass is 35.5. The number of rotatable bonds is 4. The highest BCUT2D eigenvalue weighted by Crippen LogP contribution is 2.44. The molecule has 6 heteroatoms. The Labute approximate surface area is 149 Å². The second-order valence-electron chi connectivity index (χ2n) is 5.88. The summed E-state index contributed by atoms with van der Waals surface area (Å²) < 4.78 is 0. The normalized spacial score (nSPS) is 19.5. The van der Waals surface area contributed by atoms with Crippen molar-refractivity contribution in [1.82, 2.24) is 0 Å². The van der Waals surface area contributed by atoms with Crippen LogP contribution in [0.15, 0.2) is 42.5 Å². The van der Waals surface area contributed by atoms with Gasteiger partial charge in [0.05, 0.1) is 12.2 Å². The van der Waals surface area contributed by atoms with Gasteiger partial charge < -0.3 is 10.0 Å². The smallest absolute Gasteiger partial charge is 0.264 e. The van der Waals surface area contributed by atoms with Crippen LogP contribution in [0.5, 0.6) is 0 Å². The molecular weight excluding hydrogens is 349 g/mol. The molecule has 3 rings (SSSR count). The van der Waals surface area contributed by atoms with Crippen LogP contribution in [0.4, 0.5) is 5.69 Å². The van der Waals surface area contributed by atoms with Crippen molar-refractivity contribution in [2.24, 2.45) is 0 Å². The Hall–Kier alpha value is -1.88. The average Bonchev–Trinajstić information content (AvgIpc) is 2.71. The third kappa shape index (κ3) is 2.81. The van der Waals surface area contributed by atoms with E-state index >= 15 is 0 Å². The molecule has 2 aromatic carbocycles. The Morgan fingerprint density at radius 1 is 1.21 bits per heavy atom. The molecule has 1 aliphatic heterocycles. The first-order valence-electron chi connectivity index (χ1n) is 7.40. The van der Waals surface area contributed by atoms with Crippen molar-refractivity contribution in [3.05, 3.63) is 63.6 Å². The first kappa shape index (κ1) is 17.0. The predicted molar refractivity (Wildman–Crippen MR) is 93.3 cm³/mol. The Morgan fingerprint density at radius 2 is 1.92 bits per heavy atom. The van der Waals surface area contributed by atoms with Crippen molar-refractivity contribution in [1.29, 1.82) is 0 Å². The number of ketones is 1. The maximum atomic E-state index is 12.9. The maximum absolute atomic E-state index is 12.9. The number of halogens is 2. The lowest BCUT2D eigenvalue weighted by Crippen LogP contribution is -2.41. The van der Waals surface area contributed by atoms with E-state index in [9.17, 15) is 14.7 Å². The van der Waals surface area contributed by atoms with E-state index in [-0.39, 0.29) is 18.7 Å². The van der Waals surface area contributed by atoms with Gasteiger partial charge in [-0.2, -0.15) is 0 Å². The van der Waals surface area contributed by atoms with E-state index in [1.165, 1.54) is 17.9 Å². The van der Waals surface area contributed by atoms with Gasteiger partial charge in [-0.3, -0.25) is 9.59 Å². The van der Waals surface area contributed by atoms with Gasteiger partial charge >= 0.3 is 0 Å². The SMILES string of the molecule is CC(=O)C[C@]1(O)C(=O)N(Cc2ccccc2Cl)c2ccc(Cl)cc21. The second-order valence-corrected chi connectivity index (χ2v) is 6.73. The number of hydrogen-bond acceptors (Lipinski definition) is 3. The van der Waals surface area contributed by atoms with Crippen LogP contribution in [0.25, 0.3) is 0 Å². The minimum atomic E-state index is -1.90. The molecule has 1 aliphatic rings. The number of anilines is 1. The highest BCUT2D eigenvalue weighted by Gasteiger charge is 2.50. The molecule has 0 unspecified atom stereocenters. The van der Waals surface area contributed by atoms with Gasteiger partial charge in [0, 0.05) is 22.0 Å². The van der Waals surface area contributed by atoms with Crippen molar-refractivity contribution < 1.29 is 14.7 Å². The predicted octanol–water partition coefficient (Wildman–Crippen LogP) is 3.71. The monoisotopic (exact) mass is 363 g/mol. The van der Waals surface area contributed by atoms with Gasteiger partial charge in [-0.05, 0) is 36.8 Å². The molecule has 2 aromatic rings. The van der Waals surface area contributed by atoms with E-state index < -0.39 is 11.5 Å². The van der Waals surface area contributed by atoms with Gasteiger partial charge in [0.25, 0.3) is 5.91 Å². The number of benzene rings is 2. The molecule has 0 saturated carbocycles. The van der Waals surface area contributed by atoms with Crippen LogP contribution >= 0.6 is 23.2 Å². The van der Waals surface area contributed by atoms with Crippen LogP contribution in [-0.2, 0) is 21.7 Å². The molecule has 0 aromatic heterocycles. The van der Waals surface area contributed by atoms with Gasteiger partial charge in [0.1, 0.15) is 5.78 Å². The van der Waals surface area contributed by atoms with Crippen LogP contribution in [0.1, 0.15) is 24.5 Å². The summed E-state index contributed by atoms with van der Waals surface area (Å²) in [6.07, 6.45) is -0.293. The number of aliphatic hydroxyl groups is 1. The minimum Gasteiger partial charge on any atom is -0.375 e. The van der Waals surface area contributed by atoms with Crippen molar-refractivity contribution >= 4 is 40.6 Å². The van der Waals surface area contributed by atoms with Gasteiger partial charge in [0.15, 0.2) is 5.60 Å². The molecule has 1 amide bonds. The summed E-state index contributed by atoms with van der Waals surface area (Å²) in [4.78, 5) is 25.9. The van der Waals surface area contributed by atoms with Crippen molar-refractivity contribution in [2.45, 2.75) is 25.5 Å². The number of nitrogens with zero attached hydrogens (tertiary/aromatic N) is 1. The Kier molecular flexibility index (Phi) is 4.38. The Bertz CT molecular complexity index is 837. The molecule has 1 atom stereocenters. The standard InChI is InChI=1S/C18H15Cl2NO3/c1-11(22)9-18(24)14-8-13(19)6-7-16(14)21(17(18)23)10-12-4-2-3-5-15(12)20/h2-8,24H,9-10H2,1H3/t18-/m1/s1. The summed E-state index contributed by atoms with van der Waals surface area (Å²) in [7, 11) is 0. The zero-order valence-corrected chi connectivity index (χ0v) is 14.4. The van der Waals surface area contributed by atoms with Crippen LogP contribution in [-0.4, -0.2) is 16.8 Å². The molecule has 0 fully saturated rings. The molecule has 124 valence electrons. The summed E-state index contributed by atoms with van der Waals surface area (Å²) in [5, 5.41) is 11.8. The summed E-state index contributed by atoms with van der Waals surface area (Å²) in [6.45, 7) is 1.54. The highest BCUT2D eigenvalue weighted by molar-refractivity contribution is 6.31. The van der Waals surface area contributed by atoms with Crippen LogP contribution in [0, 0.1) is 0 Å². The fourth-order valence-electron chi connectivity index (χ4n) is 3.01. The van der Waals surface area contributed by atoms with Crippen molar-refractivity contribution in [3.8, 4) is 0 Å². The van der Waals surface area contributed by atoms with E-state index in [4.69, 9.17) is 23.2 Å². The summed E-state index contributed by atoms with van der Waals surface area (Å²) in [5.41, 5.74) is -0.260. The van der Waals surface area contributed by atoms with Gasteiger partial charge in [0.2, 0.25) is 0 Å². The topological polar surface area (TPSA) is 57.6 Å². The maximum Gasteiger partial charge on any atom is 0.264 e. The van der Waals surface area contributed by atoms with E-state index in [0.717, 1.165) is 5.56 Å². The molecule has 0 bridgehead atoms. The van der Waals surface area contributed by atoms with E-state index in [0.29, 0.717) is 21.3 Å². The second kappa shape index (κ2) is 6.20. The fourth-order valence-corrected chi connectivity index (χ4v) is 3.38. The Morgan fingerprint density at radius 3 is 2.58 bits per heavy atom. The van der Waals surface area contributed by atoms with E-state index in [1.807, 2.05) is 12.1 Å². The summed E-state index contributed by atoms with van der Waals surface area (Å²) >= 11 is 12.2. The molecule has 1 N–H and O–H groups in total. The number of amides is 1. The number of Topliss-reactive ketones (excluding diaryl/α,β-unsaturated/α-hetero) is 1. The third-order valence-electron chi connectivity index (χ3n) is 4.08. The molecule has 0 radical (unpaired) electrons. The lowest BCUT2D eigenvalue weighted by molar-refractivity contribution is -0.141. The molecule has 1 heterocycles. The molecule has 0 saturated heterocycles.